The van der Waals surface area contributed by atoms with Gasteiger partial charge in [-0.05, 0) is 37.1 Å². The molecule has 0 saturated carbocycles. The zero-order valence-electron chi connectivity index (χ0n) is 9.53. The number of benzene rings is 1. The monoisotopic (exact) mass is 222 g/mol. The van der Waals surface area contributed by atoms with Crippen LogP contribution < -0.4 is 15.8 Å². The first-order chi connectivity index (χ1) is 7.76. The first-order valence-corrected chi connectivity index (χ1v) is 5.51. The Morgan fingerprint density at radius 1 is 1.50 bits per heavy atom. The summed E-state index contributed by atoms with van der Waals surface area (Å²) in [6, 6.07) is 7.50. The average Bonchev–Trinajstić information content (AvgIpc) is 2.29. The van der Waals surface area contributed by atoms with Crippen molar-refractivity contribution in [2.45, 2.75) is 19.8 Å². The number of nitrogens with two attached hydrogens (primary N) is 1. The third-order valence-corrected chi connectivity index (χ3v) is 2.17. The average molecular weight is 222 g/mol. The Morgan fingerprint density at radius 2 is 2.31 bits per heavy atom. The van der Waals surface area contributed by atoms with E-state index in [2.05, 4.69) is 12.2 Å². The van der Waals surface area contributed by atoms with E-state index in [0.717, 1.165) is 18.4 Å². The highest BCUT2D eigenvalue weighted by molar-refractivity contribution is 5.70. The fourth-order valence-electron chi connectivity index (χ4n) is 1.26. The van der Waals surface area contributed by atoms with E-state index in [1.165, 1.54) is 0 Å². The van der Waals surface area contributed by atoms with Crippen molar-refractivity contribution in [2.75, 3.05) is 13.1 Å². The summed E-state index contributed by atoms with van der Waals surface area (Å²) in [4.78, 5) is 11.3. The molecule has 1 aromatic carbocycles. The summed E-state index contributed by atoms with van der Waals surface area (Å²) in [5, 5.41) is 2.63. The van der Waals surface area contributed by atoms with Crippen molar-refractivity contribution < 1.29 is 9.53 Å². The van der Waals surface area contributed by atoms with Gasteiger partial charge in [-0.1, -0.05) is 19.1 Å². The van der Waals surface area contributed by atoms with Gasteiger partial charge in [-0.2, -0.15) is 0 Å². The van der Waals surface area contributed by atoms with Crippen LogP contribution in [0, 0.1) is 0 Å². The molecule has 0 saturated heterocycles. The fourth-order valence-corrected chi connectivity index (χ4v) is 1.26. The van der Waals surface area contributed by atoms with E-state index in [1.54, 1.807) is 6.07 Å². The molecule has 0 aliphatic heterocycles. The molecule has 1 rings (SSSR count). The van der Waals surface area contributed by atoms with Crippen LogP contribution in [0.2, 0.25) is 0 Å². The molecule has 3 N–H and O–H groups in total. The molecule has 1 amide bonds. The zero-order chi connectivity index (χ0) is 11.8. The minimum atomic E-state index is -0.429. The Bertz CT molecular complexity index is 340. The van der Waals surface area contributed by atoms with Gasteiger partial charge in [0.15, 0.2) is 0 Å². The van der Waals surface area contributed by atoms with E-state index in [9.17, 15) is 4.79 Å². The lowest BCUT2D eigenvalue weighted by molar-refractivity contribution is 0.200. The van der Waals surface area contributed by atoms with Crippen molar-refractivity contribution in [2.24, 2.45) is 5.73 Å². The molecule has 0 atom stereocenters. The van der Waals surface area contributed by atoms with Gasteiger partial charge >= 0.3 is 6.09 Å². The van der Waals surface area contributed by atoms with E-state index in [-0.39, 0.29) is 0 Å². The molecule has 88 valence electrons. The largest absolute Gasteiger partial charge is 0.412 e. The summed E-state index contributed by atoms with van der Waals surface area (Å²) >= 11 is 0. The van der Waals surface area contributed by atoms with Crippen LogP contribution in [0.25, 0.3) is 0 Å². The molecule has 0 aliphatic rings. The van der Waals surface area contributed by atoms with E-state index in [0.29, 0.717) is 18.8 Å². The Hall–Kier alpha value is -1.55. The van der Waals surface area contributed by atoms with Crippen LogP contribution in [0.15, 0.2) is 24.3 Å². The predicted molar refractivity (Wildman–Crippen MR) is 63.5 cm³/mol. The van der Waals surface area contributed by atoms with E-state index < -0.39 is 6.09 Å². The molecule has 0 bridgehead atoms. The van der Waals surface area contributed by atoms with Gasteiger partial charge in [0, 0.05) is 6.54 Å². The van der Waals surface area contributed by atoms with Crippen LogP contribution in [0.4, 0.5) is 4.79 Å². The Balaban J connectivity index is 2.43. The van der Waals surface area contributed by atoms with Gasteiger partial charge < -0.3 is 15.8 Å². The quantitative estimate of drug-likeness (QED) is 0.745. The molecule has 0 aliphatic carbocycles. The summed E-state index contributed by atoms with van der Waals surface area (Å²) in [5.74, 6) is 0.574. The summed E-state index contributed by atoms with van der Waals surface area (Å²) in [6.07, 6.45) is 1.25. The second-order valence-electron chi connectivity index (χ2n) is 3.46. The molecule has 0 unspecified atom stereocenters. The van der Waals surface area contributed by atoms with Crippen molar-refractivity contribution in [3.63, 3.8) is 0 Å². The lowest BCUT2D eigenvalue weighted by atomic mass is 10.2. The minimum absolute atomic E-state index is 0.429. The summed E-state index contributed by atoms with van der Waals surface area (Å²) in [7, 11) is 0. The normalized spacial score (nSPS) is 9.88. The van der Waals surface area contributed by atoms with Crippen molar-refractivity contribution in [3.8, 4) is 5.75 Å². The van der Waals surface area contributed by atoms with Gasteiger partial charge in [-0.15, -0.1) is 0 Å². The SMILES string of the molecule is CCc1cccc(OC(=O)NCCCN)c1. The third-order valence-electron chi connectivity index (χ3n) is 2.17. The summed E-state index contributed by atoms with van der Waals surface area (Å²) in [5.41, 5.74) is 6.46. The highest BCUT2D eigenvalue weighted by atomic mass is 16.5. The highest BCUT2D eigenvalue weighted by Gasteiger charge is 2.03. The maximum absolute atomic E-state index is 11.3. The van der Waals surface area contributed by atoms with Crippen LogP contribution in [-0.2, 0) is 6.42 Å². The van der Waals surface area contributed by atoms with Crippen molar-refractivity contribution >= 4 is 6.09 Å². The number of ether oxygens (including phenoxy) is 1. The number of hydrogen-bond donors (Lipinski definition) is 2. The fraction of sp³-hybridized carbons (Fsp3) is 0.417. The lowest BCUT2D eigenvalue weighted by Gasteiger charge is -2.06. The van der Waals surface area contributed by atoms with Crippen LogP contribution >= 0.6 is 0 Å². The number of rotatable bonds is 5. The highest BCUT2D eigenvalue weighted by Crippen LogP contribution is 2.13. The molecule has 0 aromatic heterocycles. The molecule has 0 radical (unpaired) electrons. The first kappa shape index (κ1) is 12.5. The number of hydrogen-bond acceptors (Lipinski definition) is 3. The Morgan fingerprint density at radius 3 is 3.00 bits per heavy atom. The summed E-state index contributed by atoms with van der Waals surface area (Å²) < 4.78 is 5.11. The van der Waals surface area contributed by atoms with Gasteiger partial charge in [-0.25, -0.2) is 4.79 Å². The number of nitrogens with one attached hydrogen (secondary N) is 1. The first-order valence-electron chi connectivity index (χ1n) is 5.51. The van der Waals surface area contributed by atoms with Crippen molar-refractivity contribution in [1.82, 2.24) is 5.32 Å². The van der Waals surface area contributed by atoms with Crippen molar-refractivity contribution in [1.29, 1.82) is 0 Å². The molecule has 16 heavy (non-hydrogen) atoms. The maximum Gasteiger partial charge on any atom is 0.412 e. The molecule has 0 heterocycles. The molecular weight excluding hydrogens is 204 g/mol. The van der Waals surface area contributed by atoms with Gasteiger partial charge in [0.25, 0.3) is 0 Å². The predicted octanol–water partition coefficient (Wildman–Crippen LogP) is 1.69. The van der Waals surface area contributed by atoms with E-state index >= 15 is 0 Å². The Kier molecular flexibility index (Phi) is 5.36. The van der Waals surface area contributed by atoms with Gasteiger partial charge in [0.1, 0.15) is 5.75 Å². The molecule has 1 aromatic rings. The van der Waals surface area contributed by atoms with Crippen LogP contribution in [0.1, 0.15) is 18.9 Å². The third kappa shape index (κ3) is 4.31. The molecule has 4 nitrogen and oxygen atoms in total. The van der Waals surface area contributed by atoms with Crippen LogP contribution in [0.5, 0.6) is 5.75 Å². The topological polar surface area (TPSA) is 64.3 Å². The molecule has 0 fully saturated rings. The zero-order valence-corrected chi connectivity index (χ0v) is 9.53. The number of amides is 1. The molecular formula is C12H18N2O2. The number of carbonyl (C=O) groups excluding carboxylic acids is 1. The summed E-state index contributed by atoms with van der Waals surface area (Å²) in [6.45, 7) is 3.16. The number of carbonyl (C=O) groups is 1. The van der Waals surface area contributed by atoms with Crippen LogP contribution in [0.3, 0.4) is 0 Å². The number of aryl methyl sites for hydroxylation is 1. The standard InChI is InChI=1S/C12H18N2O2/c1-2-10-5-3-6-11(9-10)16-12(15)14-8-4-7-13/h3,5-6,9H,2,4,7-8,13H2,1H3,(H,14,15). The smallest absolute Gasteiger partial charge is 0.410 e. The van der Waals surface area contributed by atoms with E-state index in [4.69, 9.17) is 10.5 Å². The Labute approximate surface area is 95.8 Å². The van der Waals surface area contributed by atoms with E-state index in [1.807, 2.05) is 18.2 Å². The molecule has 4 heteroatoms. The van der Waals surface area contributed by atoms with Crippen LogP contribution in [-0.4, -0.2) is 19.2 Å². The minimum Gasteiger partial charge on any atom is -0.410 e. The lowest BCUT2D eigenvalue weighted by Crippen LogP contribution is -2.28. The van der Waals surface area contributed by atoms with Gasteiger partial charge in [0.2, 0.25) is 0 Å². The van der Waals surface area contributed by atoms with Gasteiger partial charge in [-0.3, -0.25) is 0 Å². The second kappa shape index (κ2) is 6.85. The van der Waals surface area contributed by atoms with Gasteiger partial charge in [0.05, 0.1) is 0 Å². The van der Waals surface area contributed by atoms with Crippen molar-refractivity contribution in [3.05, 3.63) is 29.8 Å². The second-order valence-corrected chi connectivity index (χ2v) is 3.46. The maximum atomic E-state index is 11.3. The molecule has 0 spiro atoms.